The van der Waals surface area contributed by atoms with E-state index in [1.807, 2.05) is 0 Å². The molecule has 5 nitrogen and oxygen atoms in total. The molecule has 1 rings (SSSR count). The fourth-order valence-electron chi connectivity index (χ4n) is 1.64. The molecule has 0 spiro atoms. The number of carboxylic acid groups (broad SMARTS) is 1. The molecule has 1 unspecified atom stereocenters. The molecule has 17 heavy (non-hydrogen) atoms. The van der Waals surface area contributed by atoms with Gasteiger partial charge in [0.05, 0.1) is 0 Å². The molecule has 96 valence electrons. The maximum absolute atomic E-state index is 12.8. The highest BCUT2D eigenvalue weighted by Crippen LogP contribution is 2.33. The summed E-state index contributed by atoms with van der Waals surface area (Å²) >= 11 is 0. The van der Waals surface area contributed by atoms with Crippen molar-refractivity contribution in [3.05, 3.63) is 17.5 Å². The number of aliphatic carboxylic acids is 1. The number of nitrogens with two attached hydrogens (primary N) is 1. The third-order valence-corrected chi connectivity index (χ3v) is 2.80. The fourth-order valence-corrected chi connectivity index (χ4v) is 1.64. The molecule has 0 saturated heterocycles. The predicted molar refractivity (Wildman–Crippen MR) is 56.8 cm³/mol. The molecule has 1 heterocycles. The van der Waals surface area contributed by atoms with Crippen LogP contribution in [0.25, 0.3) is 0 Å². The SMILES string of the molecule is Cn1cc(C(C)(C)C(N)C(=O)O)c(C(F)F)n1. The third-order valence-electron chi connectivity index (χ3n) is 2.80. The molecule has 0 bridgehead atoms. The van der Waals surface area contributed by atoms with Crippen molar-refractivity contribution in [1.29, 1.82) is 0 Å². The Kier molecular flexibility index (Phi) is 3.51. The van der Waals surface area contributed by atoms with Gasteiger partial charge in [-0.05, 0) is 0 Å². The van der Waals surface area contributed by atoms with Gasteiger partial charge < -0.3 is 10.8 Å². The Bertz CT molecular complexity index is 429. The van der Waals surface area contributed by atoms with Gasteiger partial charge in [-0.15, -0.1) is 0 Å². The van der Waals surface area contributed by atoms with Gasteiger partial charge in [-0.3, -0.25) is 9.48 Å². The van der Waals surface area contributed by atoms with E-state index in [0.29, 0.717) is 0 Å². The molecule has 0 aliphatic carbocycles. The molecule has 0 radical (unpaired) electrons. The van der Waals surface area contributed by atoms with E-state index in [-0.39, 0.29) is 5.56 Å². The van der Waals surface area contributed by atoms with Crippen LogP contribution in [-0.2, 0) is 17.3 Å². The average Bonchev–Trinajstić information content (AvgIpc) is 2.59. The highest BCUT2D eigenvalue weighted by Gasteiger charge is 2.38. The maximum Gasteiger partial charge on any atom is 0.321 e. The van der Waals surface area contributed by atoms with Gasteiger partial charge >= 0.3 is 5.97 Å². The maximum atomic E-state index is 12.8. The molecular weight excluding hydrogens is 232 g/mol. The molecule has 7 heteroatoms. The minimum atomic E-state index is -2.76. The smallest absolute Gasteiger partial charge is 0.321 e. The van der Waals surface area contributed by atoms with Gasteiger partial charge in [0.1, 0.15) is 11.7 Å². The number of hydrogen-bond acceptors (Lipinski definition) is 3. The zero-order valence-corrected chi connectivity index (χ0v) is 9.82. The highest BCUT2D eigenvalue weighted by molar-refractivity contribution is 5.75. The van der Waals surface area contributed by atoms with Crippen molar-refractivity contribution in [2.45, 2.75) is 31.7 Å². The first-order chi connectivity index (χ1) is 7.67. The van der Waals surface area contributed by atoms with Crippen molar-refractivity contribution >= 4 is 5.97 Å². The Balaban J connectivity index is 3.27. The molecule has 0 saturated carbocycles. The summed E-state index contributed by atoms with van der Waals surface area (Å²) in [5.74, 6) is -1.24. The van der Waals surface area contributed by atoms with Crippen molar-refractivity contribution in [2.75, 3.05) is 0 Å². The Morgan fingerprint density at radius 1 is 1.59 bits per heavy atom. The van der Waals surface area contributed by atoms with Crippen LogP contribution in [0.2, 0.25) is 0 Å². The molecule has 0 aromatic carbocycles. The normalized spacial score (nSPS) is 14.1. The third kappa shape index (κ3) is 2.44. The van der Waals surface area contributed by atoms with E-state index < -0.39 is 29.5 Å². The molecule has 0 fully saturated rings. The summed E-state index contributed by atoms with van der Waals surface area (Å²) in [7, 11) is 1.50. The van der Waals surface area contributed by atoms with E-state index in [2.05, 4.69) is 5.10 Å². The first kappa shape index (κ1) is 13.6. The lowest BCUT2D eigenvalue weighted by Crippen LogP contribution is -2.47. The van der Waals surface area contributed by atoms with Crippen LogP contribution in [0.1, 0.15) is 31.5 Å². The van der Waals surface area contributed by atoms with Crippen molar-refractivity contribution < 1.29 is 18.7 Å². The second kappa shape index (κ2) is 4.40. The van der Waals surface area contributed by atoms with Crippen molar-refractivity contribution in [3.63, 3.8) is 0 Å². The number of hydrogen-bond donors (Lipinski definition) is 2. The molecule has 0 aliphatic heterocycles. The second-order valence-corrected chi connectivity index (χ2v) is 4.44. The fraction of sp³-hybridized carbons (Fsp3) is 0.600. The standard InChI is InChI=1S/C10H15F2N3O2/c1-10(2,7(13)9(16)17)5-4-15(3)14-6(5)8(11)12/h4,7-8H,13H2,1-3H3,(H,16,17). The van der Waals surface area contributed by atoms with Gasteiger partial charge in [0, 0.05) is 24.2 Å². The van der Waals surface area contributed by atoms with Gasteiger partial charge in [0.25, 0.3) is 6.43 Å². The molecule has 1 atom stereocenters. The van der Waals surface area contributed by atoms with E-state index in [0.717, 1.165) is 0 Å². The summed E-state index contributed by atoms with van der Waals surface area (Å²) in [4.78, 5) is 10.9. The number of alkyl halides is 2. The number of aryl methyl sites for hydroxylation is 1. The minimum Gasteiger partial charge on any atom is -0.480 e. The van der Waals surface area contributed by atoms with Crippen LogP contribution in [0.3, 0.4) is 0 Å². The summed E-state index contributed by atoms with van der Waals surface area (Å²) in [6.45, 7) is 3.02. The summed E-state index contributed by atoms with van der Waals surface area (Å²) in [6, 6.07) is -1.27. The monoisotopic (exact) mass is 247 g/mol. The highest BCUT2D eigenvalue weighted by atomic mass is 19.3. The average molecular weight is 247 g/mol. The zero-order valence-electron chi connectivity index (χ0n) is 9.82. The van der Waals surface area contributed by atoms with Gasteiger partial charge in [0.15, 0.2) is 0 Å². The second-order valence-electron chi connectivity index (χ2n) is 4.44. The van der Waals surface area contributed by atoms with Crippen LogP contribution in [0, 0.1) is 0 Å². The van der Waals surface area contributed by atoms with Crippen LogP contribution >= 0.6 is 0 Å². The van der Waals surface area contributed by atoms with E-state index >= 15 is 0 Å². The summed E-state index contributed by atoms with van der Waals surface area (Å²) in [6.07, 6.45) is -1.38. The first-order valence-electron chi connectivity index (χ1n) is 4.98. The van der Waals surface area contributed by atoms with Crippen LogP contribution < -0.4 is 5.73 Å². The Labute approximate surface area is 97.2 Å². The number of nitrogens with zero attached hydrogens (tertiary/aromatic N) is 2. The van der Waals surface area contributed by atoms with Gasteiger partial charge in [0.2, 0.25) is 0 Å². The van der Waals surface area contributed by atoms with Crippen molar-refractivity contribution in [1.82, 2.24) is 9.78 Å². The number of carbonyl (C=O) groups is 1. The Hall–Kier alpha value is -1.50. The van der Waals surface area contributed by atoms with E-state index in [1.165, 1.54) is 31.8 Å². The number of halogens is 2. The quantitative estimate of drug-likeness (QED) is 0.833. The van der Waals surface area contributed by atoms with Crippen LogP contribution in [0.4, 0.5) is 8.78 Å². The lowest BCUT2D eigenvalue weighted by atomic mass is 9.78. The lowest BCUT2D eigenvalue weighted by Gasteiger charge is -2.28. The molecule has 0 amide bonds. The van der Waals surface area contributed by atoms with Crippen molar-refractivity contribution in [3.8, 4) is 0 Å². The van der Waals surface area contributed by atoms with Gasteiger partial charge in [-0.25, -0.2) is 8.78 Å². The predicted octanol–water partition coefficient (Wildman–Crippen LogP) is 1.05. The van der Waals surface area contributed by atoms with Gasteiger partial charge in [-0.1, -0.05) is 13.8 Å². The molecular formula is C10H15F2N3O2. The lowest BCUT2D eigenvalue weighted by molar-refractivity contribution is -0.140. The van der Waals surface area contributed by atoms with Gasteiger partial charge in [-0.2, -0.15) is 5.10 Å². The Morgan fingerprint density at radius 2 is 2.12 bits per heavy atom. The first-order valence-corrected chi connectivity index (χ1v) is 4.98. The van der Waals surface area contributed by atoms with E-state index in [4.69, 9.17) is 10.8 Å². The minimum absolute atomic E-state index is 0.157. The van der Waals surface area contributed by atoms with Crippen molar-refractivity contribution in [2.24, 2.45) is 12.8 Å². The van der Waals surface area contributed by atoms with Crippen LogP contribution in [0.15, 0.2) is 6.20 Å². The van der Waals surface area contributed by atoms with Crippen LogP contribution in [0.5, 0.6) is 0 Å². The molecule has 1 aromatic rings. The number of aromatic nitrogens is 2. The molecule has 3 N–H and O–H groups in total. The summed E-state index contributed by atoms with van der Waals surface area (Å²) < 4.78 is 26.8. The number of rotatable bonds is 4. The topological polar surface area (TPSA) is 81.1 Å². The zero-order chi connectivity index (χ0) is 13.4. The van der Waals surface area contributed by atoms with Crippen LogP contribution in [-0.4, -0.2) is 26.9 Å². The van der Waals surface area contributed by atoms with E-state index in [9.17, 15) is 13.6 Å². The molecule has 0 aliphatic rings. The molecule has 1 aromatic heterocycles. The largest absolute Gasteiger partial charge is 0.480 e. The summed E-state index contributed by atoms with van der Waals surface area (Å²) in [5, 5.41) is 12.5. The number of carboxylic acids is 1. The summed E-state index contributed by atoms with van der Waals surface area (Å²) in [5.41, 5.74) is 4.14. The van der Waals surface area contributed by atoms with E-state index in [1.54, 1.807) is 0 Å². The Morgan fingerprint density at radius 3 is 2.53 bits per heavy atom.